The van der Waals surface area contributed by atoms with Gasteiger partial charge in [-0.25, -0.2) is 4.79 Å². The molecule has 2 amide bonds. The van der Waals surface area contributed by atoms with Crippen LogP contribution in [-0.4, -0.2) is 37.4 Å². The smallest absolute Gasteiger partial charge is 0.411 e. The quantitative estimate of drug-likeness (QED) is 0.662. The van der Waals surface area contributed by atoms with Gasteiger partial charge in [-0.05, 0) is 35.7 Å². The number of nitrogens with one attached hydrogen (secondary N) is 1. The lowest BCUT2D eigenvalue weighted by Gasteiger charge is -2.18. The lowest BCUT2D eigenvalue weighted by Crippen LogP contribution is -2.36. The van der Waals surface area contributed by atoms with Crippen LogP contribution in [0.3, 0.4) is 0 Å². The summed E-state index contributed by atoms with van der Waals surface area (Å²) in [6.45, 7) is 1.90. The van der Waals surface area contributed by atoms with Crippen molar-refractivity contribution in [2.45, 2.75) is 32.8 Å². The SMILES string of the molecule is CCOc1ccc(CN(C)C(=O)NCc2ccc(COCC(F)(F)F)cc2)cc1. The van der Waals surface area contributed by atoms with Gasteiger partial charge in [0, 0.05) is 20.1 Å². The fourth-order valence-corrected chi connectivity index (χ4v) is 2.55. The average Bonchev–Trinajstić information content (AvgIpc) is 2.68. The molecule has 5 nitrogen and oxygen atoms in total. The van der Waals surface area contributed by atoms with Crippen molar-refractivity contribution in [3.05, 3.63) is 65.2 Å². The van der Waals surface area contributed by atoms with E-state index in [1.807, 2.05) is 31.2 Å². The largest absolute Gasteiger partial charge is 0.494 e. The van der Waals surface area contributed by atoms with E-state index >= 15 is 0 Å². The molecule has 0 aromatic heterocycles. The second-order valence-corrected chi connectivity index (χ2v) is 6.52. The fraction of sp³-hybridized carbons (Fsp3) is 0.381. The number of amides is 2. The molecule has 2 aromatic rings. The van der Waals surface area contributed by atoms with Crippen LogP contribution < -0.4 is 10.1 Å². The van der Waals surface area contributed by atoms with Crippen LogP contribution in [0.5, 0.6) is 5.75 Å². The molecule has 1 N–H and O–H groups in total. The highest BCUT2D eigenvalue weighted by Crippen LogP contribution is 2.16. The van der Waals surface area contributed by atoms with Gasteiger partial charge >= 0.3 is 12.2 Å². The summed E-state index contributed by atoms with van der Waals surface area (Å²) in [6.07, 6.45) is -4.33. The second-order valence-electron chi connectivity index (χ2n) is 6.52. The molecule has 0 bridgehead atoms. The third-order valence-corrected chi connectivity index (χ3v) is 4.00. The normalized spacial score (nSPS) is 11.2. The summed E-state index contributed by atoms with van der Waals surface area (Å²) in [4.78, 5) is 13.8. The Balaban J connectivity index is 1.76. The molecule has 0 heterocycles. The Hall–Kier alpha value is -2.74. The highest BCUT2D eigenvalue weighted by molar-refractivity contribution is 5.73. The maximum Gasteiger partial charge on any atom is 0.411 e. The molecule has 2 rings (SSSR count). The van der Waals surface area contributed by atoms with Crippen LogP contribution in [0.25, 0.3) is 0 Å². The van der Waals surface area contributed by atoms with Crippen LogP contribution in [-0.2, 0) is 24.4 Å². The first-order chi connectivity index (χ1) is 13.8. The number of hydrogen-bond acceptors (Lipinski definition) is 3. The highest BCUT2D eigenvalue weighted by atomic mass is 19.4. The molecule has 0 radical (unpaired) electrons. The Labute approximate surface area is 168 Å². The Morgan fingerprint density at radius 1 is 1.00 bits per heavy atom. The highest BCUT2D eigenvalue weighted by Gasteiger charge is 2.27. The summed E-state index contributed by atoms with van der Waals surface area (Å²) < 4.78 is 46.2. The third-order valence-electron chi connectivity index (χ3n) is 4.00. The molecule has 29 heavy (non-hydrogen) atoms. The first-order valence-electron chi connectivity index (χ1n) is 9.20. The first kappa shape index (κ1) is 22.5. The zero-order chi connectivity index (χ0) is 21.3. The predicted molar refractivity (Wildman–Crippen MR) is 103 cm³/mol. The van der Waals surface area contributed by atoms with Crippen molar-refractivity contribution in [2.75, 3.05) is 20.3 Å². The lowest BCUT2D eigenvalue weighted by atomic mass is 10.1. The molecule has 8 heteroatoms. The predicted octanol–water partition coefficient (Wildman–Crippen LogP) is 4.51. The van der Waals surface area contributed by atoms with Gasteiger partial charge in [0.25, 0.3) is 0 Å². The van der Waals surface area contributed by atoms with Gasteiger partial charge in [-0.2, -0.15) is 13.2 Å². The topological polar surface area (TPSA) is 50.8 Å². The van der Waals surface area contributed by atoms with Crippen molar-refractivity contribution in [1.82, 2.24) is 10.2 Å². The van der Waals surface area contributed by atoms with Crippen molar-refractivity contribution in [3.8, 4) is 5.75 Å². The van der Waals surface area contributed by atoms with Crippen molar-refractivity contribution in [2.24, 2.45) is 0 Å². The molecule has 0 aliphatic heterocycles. The molecule has 0 fully saturated rings. The second kappa shape index (κ2) is 10.7. The number of carbonyl (C=O) groups is 1. The Bertz CT molecular complexity index is 762. The summed E-state index contributed by atoms with van der Waals surface area (Å²) in [7, 11) is 1.70. The van der Waals surface area contributed by atoms with E-state index in [1.54, 1.807) is 36.2 Å². The summed E-state index contributed by atoms with van der Waals surface area (Å²) in [5.74, 6) is 0.788. The van der Waals surface area contributed by atoms with Crippen molar-refractivity contribution in [1.29, 1.82) is 0 Å². The van der Waals surface area contributed by atoms with Gasteiger partial charge in [-0.1, -0.05) is 36.4 Å². The molecule has 0 saturated carbocycles. The van der Waals surface area contributed by atoms with Gasteiger partial charge in [0.05, 0.1) is 13.2 Å². The number of halogens is 3. The summed E-state index contributed by atoms with van der Waals surface area (Å²) in [5, 5.41) is 2.82. The Morgan fingerprint density at radius 3 is 2.17 bits per heavy atom. The summed E-state index contributed by atoms with van der Waals surface area (Å²) in [6, 6.07) is 14.2. The van der Waals surface area contributed by atoms with E-state index in [-0.39, 0.29) is 12.6 Å². The maximum absolute atomic E-state index is 12.3. The molecule has 0 unspecified atom stereocenters. The van der Waals surface area contributed by atoms with Crippen LogP contribution in [0.2, 0.25) is 0 Å². The average molecular weight is 410 g/mol. The van der Waals surface area contributed by atoms with E-state index in [9.17, 15) is 18.0 Å². The van der Waals surface area contributed by atoms with Gasteiger partial charge < -0.3 is 19.7 Å². The molecule has 158 valence electrons. The number of benzene rings is 2. The minimum atomic E-state index is -4.33. The van der Waals surface area contributed by atoms with Crippen molar-refractivity contribution >= 4 is 6.03 Å². The van der Waals surface area contributed by atoms with Gasteiger partial charge in [0.1, 0.15) is 12.4 Å². The van der Waals surface area contributed by atoms with Crippen molar-refractivity contribution < 1.29 is 27.4 Å². The van der Waals surface area contributed by atoms with Crippen molar-refractivity contribution in [3.63, 3.8) is 0 Å². The Morgan fingerprint density at radius 2 is 1.59 bits per heavy atom. The molecule has 2 aromatic carbocycles. The molecule has 0 aliphatic carbocycles. The van der Waals surface area contributed by atoms with Gasteiger partial charge in [-0.15, -0.1) is 0 Å². The fourth-order valence-electron chi connectivity index (χ4n) is 2.55. The van der Waals surface area contributed by atoms with Crippen LogP contribution in [0.15, 0.2) is 48.5 Å². The number of hydrogen-bond donors (Lipinski definition) is 1. The van der Waals surface area contributed by atoms with Crippen LogP contribution in [0.4, 0.5) is 18.0 Å². The zero-order valence-corrected chi connectivity index (χ0v) is 16.5. The van der Waals surface area contributed by atoms with Crippen LogP contribution >= 0.6 is 0 Å². The summed E-state index contributed by atoms with van der Waals surface area (Å²) in [5.41, 5.74) is 2.46. The van der Waals surface area contributed by atoms with E-state index in [0.29, 0.717) is 25.3 Å². The number of alkyl halides is 3. The molecule has 0 saturated heterocycles. The van der Waals surface area contributed by atoms with E-state index < -0.39 is 12.8 Å². The Kier molecular flexibility index (Phi) is 8.33. The molecular formula is C21H25F3N2O3. The third kappa shape index (κ3) is 8.43. The molecule has 0 spiro atoms. The van der Waals surface area contributed by atoms with Gasteiger partial charge in [0.2, 0.25) is 0 Å². The minimum absolute atomic E-state index is 0.114. The molecular weight excluding hydrogens is 385 g/mol. The molecule has 0 atom stereocenters. The first-order valence-corrected chi connectivity index (χ1v) is 9.20. The molecule has 0 aliphatic rings. The monoisotopic (exact) mass is 410 g/mol. The summed E-state index contributed by atoms with van der Waals surface area (Å²) >= 11 is 0. The van der Waals surface area contributed by atoms with E-state index in [0.717, 1.165) is 16.9 Å². The van der Waals surface area contributed by atoms with Gasteiger partial charge in [0.15, 0.2) is 0 Å². The number of rotatable bonds is 9. The van der Waals surface area contributed by atoms with E-state index in [1.165, 1.54) is 0 Å². The van der Waals surface area contributed by atoms with E-state index in [2.05, 4.69) is 10.1 Å². The minimum Gasteiger partial charge on any atom is -0.494 e. The lowest BCUT2D eigenvalue weighted by molar-refractivity contribution is -0.176. The standard InChI is InChI=1S/C21H25F3N2O3/c1-3-29-19-10-8-17(9-11-19)13-26(2)20(27)25-12-16-4-6-18(7-5-16)14-28-15-21(22,23)24/h4-11H,3,12-15H2,1-2H3,(H,25,27). The van der Waals surface area contributed by atoms with Crippen LogP contribution in [0, 0.1) is 0 Å². The number of carbonyl (C=O) groups excluding carboxylic acids is 1. The maximum atomic E-state index is 12.3. The zero-order valence-electron chi connectivity index (χ0n) is 16.5. The van der Waals surface area contributed by atoms with Crippen LogP contribution in [0.1, 0.15) is 23.6 Å². The number of urea groups is 1. The van der Waals surface area contributed by atoms with Gasteiger partial charge in [-0.3, -0.25) is 0 Å². The number of ether oxygens (including phenoxy) is 2. The number of nitrogens with zero attached hydrogens (tertiary/aromatic N) is 1. The van der Waals surface area contributed by atoms with E-state index in [4.69, 9.17) is 4.74 Å².